The number of carbonyl (C=O) groups is 1. The van der Waals surface area contributed by atoms with Crippen LogP contribution in [0.15, 0.2) is 78.0 Å². The number of H-pyrrole nitrogens is 1. The molecule has 0 fully saturated rings. The highest BCUT2D eigenvalue weighted by molar-refractivity contribution is 7.99. The van der Waals surface area contributed by atoms with Crippen LogP contribution in [0.4, 0.5) is 23.7 Å². The number of carbonyl (C=O) groups excluding carboxylic acids is 1. The van der Waals surface area contributed by atoms with E-state index >= 15 is 0 Å². The number of unbranched alkanes of at least 4 members (excludes halogenated alkanes) is 6. The van der Waals surface area contributed by atoms with Gasteiger partial charge in [0.1, 0.15) is 11.5 Å². The van der Waals surface area contributed by atoms with Crippen molar-refractivity contribution < 1.29 is 18.0 Å². The Bertz CT molecular complexity index is 1350. The lowest BCUT2D eigenvalue weighted by molar-refractivity contribution is 0.208. The number of thioether (sulfide) groups is 1. The van der Waals surface area contributed by atoms with E-state index in [1.807, 2.05) is 36.4 Å². The maximum Gasteiger partial charge on any atom is 0.322 e. The first-order valence-corrected chi connectivity index (χ1v) is 16.0. The van der Waals surface area contributed by atoms with Gasteiger partial charge in [0.05, 0.1) is 11.4 Å². The van der Waals surface area contributed by atoms with Gasteiger partial charge in [-0.1, -0.05) is 111 Å². The Hall–Kier alpha value is -3.72. The quantitative estimate of drug-likeness (QED) is 0.0983. The second-order valence-corrected chi connectivity index (χ2v) is 11.6. The van der Waals surface area contributed by atoms with Gasteiger partial charge >= 0.3 is 6.03 Å². The number of hydrogen-bond donors (Lipinski definition) is 2. The van der Waals surface area contributed by atoms with Crippen molar-refractivity contribution >= 4 is 23.5 Å². The number of benzene rings is 3. The van der Waals surface area contributed by atoms with Crippen LogP contribution in [0.1, 0.15) is 58.3 Å². The summed E-state index contributed by atoms with van der Waals surface area (Å²) in [6.45, 7) is 3.09. The molecule has 1 aromatic heterocycles. The van der Waals surface area contributed by atoms with E-state index < -0.39 is 29.2 Å². The van der Waals surface area contributed by atoms with Gasteiger partial charge in [-0.05, 0) is 19.3 Å². The van der Waals surface area contributed by atoms with Crippen LogP contribution in [-0.4, -0.2) is 39.7 Å². The summed E-state index contributed by atoms with van der Waals surface area (Å²) in [5.74, 6) is -2.43. The van der Waals surface area contributed by atoms with Crippen molar-refractivity contribution in [1.29, 1.82) is 0 Å². The third-order valence-corrected chi connectivity index (χ3v) is 8.12. The topological polar surface area (TPSA) is 61.0 Å². The number of hydrogen-bond acceptors (Lipinski definition) is 3. The normalized spacial score (nSPS) is 11.1. The fraction of sp³-hybridized carbons (Fsp3) is 0.353. The fourth-order valence-corrected chi connectivity index (χ4v) is 5.73. The largest absolute Gasteiger partial charge is 0.332 e. The zero-order valence-electron chi connectivity index (χ0n) is 24.6. The van der Waals surface area contributed by atoms with Gasteiger partial charge in [0.2, 0.25) is 0 Å². The molecule has 0 aliphatic heterocycles. The van der Waals surface area contributed by atoms with Crippen LogP contribution >= 0.6 is 11.8 Å². The highest BCUT2D eigenvalue weighted by Gasteiger charge is 2.19. The summed E-state index contributed by atoms with van der Waals surface area (Å²) in [5.41, 5.74) is 3.42. The SMILES string of the molecule is CCCCCCCN(CCCCCSc1nc(-c2ccccc2)c(-c2ccccc2)[nH]1)C(=O)Nc1c(F)cc(F)cc1F. The predicted molar refractivity (Wildman–Crippen MR) is 170 cm³/mol. The van der Waals surface area contributed by atoms with Crippen LogP contribution < -0.4 is 5.32 Å². The van der Waals surface area contributed by atoms with Gasteiger partial charge in [-0.2, -0.15) is 0 Å². The summed E-state index contributed by atoms with van der Waals surface area (Å²) in [6, 6.07) is 20.8. The van der Waals surface area contributed by atoms with E-state index in [1.165, 1.54) is 0 Å². The van der Waals surface area contributed by atoms with Gasteiger partial charge in [0.25, 0.3) is 0 Å². The van der Waals surface area contributed by atoms with Gasteiger partial charge in [-0.15, -0.1) is 0 Å². The van der Waals surface area contributed by atoms with Crippen LogP contribution in [-0.2, 0) is 0 Å². The molecule has 1 heterocycles. The van der Waals surface area contributed by atoms with Gasteiger partial charge in [-0.3, -0.25) is 0 Å². The first-order valence-electron chi connectivity index (χ1n) is 15.0. The molecule has 5 nitrogen and oxygen atoms in total. The summed E-state index contributed by atoms with van der Waals surface area (Å²) >= 11 is 1.66. The zero-order valence-corrected chi connectivity index (χ0v) is 25.4. The Morgan fingerprint density at radius 2 is 1.40 bits per heavy atom. The van der Waals surface area contributed by atoms with Crippen molar-refractivity contribution in [2.45, 2.75) is 63.4 Å². The van der Waals surface area contributed by atoms with E-state index in [0.29, 0.717) is 25.2 Å². The van der Waals surface area contributed by atoms with Gasteiger partial charge < -0.3 is 15.2 Å². The number of amides is 2. The van der Waals surface area contributed by atoms with Gasteiger partial charge in [0, 0.05) is 42.1 Å². The van der Waals surface area contributed by atoms with Crippen LogP contribution in [0.3, 0.4) is 0 Å². The van der Waals surface area contributed by atoms with E-state index in [4.69, 9.17) is 4.98 Å². The monoisotopic (exact) mass is 608 g/mol. The predicted octanol–water partition coefficient (Wildman–Crippen LogP) is 9.93. The highest BCUT2D eigenvalue weighted by Crippen LogP contribution is 2.33. The number of aromatic nitrogens is 2. The molecule has 2 amide bonds. The van der Waals surface area contributed by atoms with Crippen molar-refractivity contribution in [1.82, 2.24) is 14.9 Å². The number of nitrogens with one attached hydrogen (secondary N) is 2. The molecule has 0 atom stereocenters. The number of aromatic amines is 1. The van der Waals surface area contributed by atoms with Crippen LogP contribution in [0.25, 0.3) is 22.5 Å². The second kappa shape index (κ2) is 16.8. The van der Waals surface area contributed by atoms with E-state index in [-0.39, 0.29) is 0 Å². The number of urea groups is 1. The average molecular weight is 609 g/mol. The molecule has 43 heavy (non-hydrogen) atoms. The summed E-state index contributed by atoms with van der Waals surface area (Å²) in [5, 5.41) is 3.18. The number of anilines is 1. The van der Waals surface area contributed by atoms with Crippen molar-refractivity contribution in [3.63, 3.8) is 0 Å². The lowest BCUT2D eigenvalue weighted by Gasteiger charge is -2.23. The third kappa shape index (κ3) is 9.64. The zero-order chi connectivity index (χ0) is 30.4. The molecule has 4 aromatic rings. The Morgan fingerprint density at radius 1 is 0.814 bits per heavy atom. The molecule has 4 rings (SSSR count). The summed E-state index contributed by atoms with van der Waals surface area (Å²) in [6.07, 6.45) is 7.66. The molecule has 0 aliphatic carbocycles. The molecule has 2 N–H and O–H groups in total. The van der Waals surface area contributed by atoms with Crippen molar-refractivity contribution in [2.24, 2.45) is 0 Å². The fourth-order valence-electron chi connectivity index (χ4n) is 4.86. The lowest BCUT2D eigenvalue weighted by atomic mass is 10.1. The molecule has 0 bridgehead atoms. The first-order chi connectivity index (χ1) is 21.0. The smallest absolute Gasteiger partial charge is 0.322 e. The Balaban J connectivity index is 1.31. The number of rotatable bonds is 16. The molecule has 0 radical (unpaired) electrons. The Morgan fingerprint density at radius 3 is 2.02 bits per heavy atom. The number of imidazole rings is 1. The van der Waals surface area contributed by atoms with Gasteiger partial charge in [-0.25, -0.2) is 22.9 Å². The summed E-state index contributed by atoms with van der Waals surface area (Å²) in [7, 11) is 0. The minimum absolute atomic E-state index is 0.464. The Labute approximate surface area is 256 Å². The minimum Gasteiger partial charge on any atom is -0.332 e. The van der Waals surface area contributed by atoms with E-state index in [0.717, 1.165) is 84.8 Å². The van der Waals surface area contributed by atoms with Crippen molar-refractivity contribution in [3.8, 4) is 22.5 Å². The molecule has 0 saturated heterocycles. The second-order valence-electron chi connectivity index (χ2n) is 10.5. The van der Waals surface area contributed by atoms with Gasteiger partial charge in [0.15, 0.2) is 16.8 Å². The molecular formula is C34H39F3N4OS. The van der Waals surface area contributed by atoms with Crippen LogP contribution in [0, 0.1) is 17.5 Å². The number of nitrogens with zero attached hydrogens (tertiary/aromatic N) is 2. The highest BCUT2D eigenvalue weighted by atomic mass is 32.2. The van der Waals surface area contributed by atoms with Crippen molar-refractivity contribution in [2.75, 3.05) is 24.2 Å². The molecule has 9 heteroatoms. The summed E-state index contributed by atoms with van der Waals surface area (Å²) < 4.78 is 41.6. The maximum atomic E-state index is 14.2. The minimum atomic E-state index is -1.13. The molecule has 0 unspecified atom stereocenters. The van der Waals surface area contributed by atoms with E-state index in [2.05, 4.69) is 41.5 Å². The van der Waals surface area contributed by atoms with E-state index in [1.54, 1.807) is 16.7 Å². The van der Waals surface area contributed by atoms with Crippen molar-refractivity contribution in [3.05, 3.63) is 90.2 Å². The molecule has 0 spiro atoms. The van der Waals surface area contributed by atoms with Crippen LogP contribution in [0.5, 0.6) is 0 Å². The Kier molecular flexibility index (Phi) is 12.6. The first kappa shape index (κ1) is 32.2. The molecule has 0 saturated carbocycles. The molecular weight excluding hydrogens is 569 g/mol. The van der Waals surface area contributed by atoms with E-state index in [9.17, 15) is 18.0 Å². The average Bonchev–Trinajstić information content (AvgIpc) is 3.44. The standard InChI is InChI=1S/C34H39F3N4OS/c1-2-3-4-5-13-20-41(34(42)40-32-28(36)23-27(35)24-29(32)37)21-14-8-15-22-43-33-38-30(25-16-9-6-10-17-25)31(39-33)26-18-11-7-12-19-26/h6-7,9-12,16-19,23-24H,2-5,8,13-15,20-22H2,1H3,(H,38,39)(H,40,42). The molecule has 0 aliphatic rings. The number of halogens is 3. The third-order valence-electron chi connectivity index (χ3n) is 7.16. The summed E-state index contributed by atoms with van der Waals surface area (Å²) in [4.78, 5) is 23.0. The molecule has 228 valence electrons. The lowest BCUT2D eigenvalue weighted by Crippen LogP contribution is -2.37. The van der Waals surface area contributed by atoms with Crippen LogP contribution in [0.2, 0.25) is 0 Å². The maximum absolute atomic E-state index is 14.2. The molecule has 3 aromatic carbocycles.